The Hall–Kier alpha value is -5.54. The molecule has 2 saturated heterocycles. The smallest absolute Gasteiger partial charge is 0.410 e. The second kappa shape index (κ2) is 20.8. The van der Waals surface area contributed by atoms with E-state index in [9.17, 15) is 19.2 Å². The van der Waals surface area contributed by atoms with Crippen LogP contribution < -0.4 is 21.9 Å². The van der Waals surface area contributed by atoms with Crippen LogP contribution >= 0.6 is 0 Å². The van der Waals surface area contributed by atoms with Gasteiger partial charge in [0, 0.05) is 61.8 Å². The number of carbonyl (C=O) groups is 3. The summed E-state index contributed by atoms with van der Waals surface area (Å²) >= 11 is 0. The number of pyridine rings is 1. The third kappa shape index (κ3) is 10.9. The standard InChI is InChI=1S/C45H53F2N7O5.CH5N/c1-48-29-39(47)42(31-7-5-8-34(23-31)54-17-4-3-10-41(54)56)51-32-15-20-53(21-16-32)44(58)59-36-27-45(28-36)25-35(26-45)52-18-13-30(14-19-52)37-12-11-33(24-38(37)46)50-40(9-6-22-55)43(57)49-2;1-2/h3-5,7-8,10-12,17,22-24,29-30,32,35-36,40,50H,1,6,9,13-16,18-21,25-28H2,2H3,(H,49,57);2H2,1H3/b39-29+,51-42?;. The Morgan fingerprint density at radius 2 is 1.74 bits per heavy atom. The molecule has 2 aromatic carbocycles. The first-order valence-corrected chi connectivity index (χ1v) is 21.3. The fourth-order valence-electron chi connectivity index (χ4n) is 9.36. The summed E-state index contributed by atoms with van der Waals surface area (Å²) in [4.78, 5) is 61.3. The summed E-state index contributed by atoms with van der Waals surface area (Å²) in [5.74, 6) is -1.03. The van der Waals surface area contributed by atoms with Crippen LogP contribution in [0.4, 0.5) is 19.3 Å². The first-order valence-electron chi connectivity index (χ1n) is 21.3. The second-order valence-corrected chi connectivity index (χ2v) is 16.4. The predicted molar refractivity (Wildman–Crippen MR) is 234 cm³/mol. The van der Waals surface area contributed by atoms with Crippen LogP contribution in [0.15, 0.2) is 93.7 Å². The SMILES string of the molecule is C=N/C=C(/F)C(=NC1CCN(C(=O)OC2CC3(C2)CC(N2CCC(c4ccc(NC(CCC=O)C(=O)NC)cc4F)CC2)C3)CC1)c1cccc(-n2ccccc2=O)c1.CN. The highest BCUT2D eigenvalue weighted by atomic mass is 19.1. The molecule has 326 valence electrons. The lowest BCUT2D eigenvalue weighted by molar-refractivity contribution is -0.131. The Bertz CT molecular complexity index is 2130. The fourth-order valence-corrected chi connectivity index (χ4v) is 9.36. The Morgan fingerprint density at radius 3 is 2.39 bits per heavy atom. The van der Waals surface area contributed by atoms with Gasteiger partial charge < -0.3 is 35.7 Å². The number of allylic oxidation sites excluding steroid dienone is 1. The van der Waals surface area contributed by atoms with Crippen molar-refractivity contribution >= 4 is 36.4 Å². The molecule has 2 saturated carbocycles. The van der Waals surface area contributed by atoms with Gasteiger partial charge in [-0.3, -0.25) is 24.1 Å². The number of anilines is 1. The topological polar surface area (TPSA) is 164 Å². The highest BCUT2D eigenvalue weighted by Gasteiger charge is 2.56. The summed E-state index contributed by atoms with van der Waals surface area (Å²) in [7, 11) is 3.04. The van der Waals surface area contributed by atoms with Gasteiger partial charge >= 0.3 is 6.09 Å². The number of benzene rings is 2. The molecule has 4 N–H and O–H groups in total. The first-order chi connectivity index (χ1) is 29.6. The van der Waals surface area contributed by atoms with Crippen molar-refractivity contribution in [2.45, 2.75) is 94.4 Å². The van der Waals surface area contributed by atoms with Crippen LogP contribution in [0.5, 0.6) is 0 Å². The number of likely N-dealkylation sites (N-methyl/N-ethyl adjacent to an activating group) is 1. The number of ether oxygens (including phenoxy) is 1. The summed E-state index contributed by atoms with van der Waals surface area (Å²) in [6, 6.07) is 16.6. The number of hydrogen-bond donors (Lipinski definition) is 3. The van der Waals surface area contributed by atoms with E-state index >= 15 is 8.78 Å². The lowest BCUT2D eigenvalue weighted by atomic mass is 9.52. The number of piperidine rings is 2. The maximum absolute atomic E-state index is 15.3. The van der Waals surface area contributed by atoms with E-state index in [0.717, 1.165) is 64.1 Å². The number of carbonyl (C=O) groups excluding carboxylic acids is 3. The molecule has 0 radical (unpaired) electrons. The van der Waals surface area contributed by atoms with E-state index in [4.69, 9.17) is 9.73 Å². The average Bonchev–Trinajstić information content (AvgIpc) is 3.25. The molecule has 1 spiro atoms. The molecule has 2 amide bonds. The molecule has 7 rings (SSSR count). The van der Waals surface area contributed by atoms with Gasteiger partial charge in [0.25, 0.3) is 5.56 Å². The summed E-state index contributed by atoms with van der Waals surface area (Å²) in [5.41, 5.74) is 6.96. The third-order valence-electron chi connectivity index (χ3n) is 12.6. The number of nitrogens with two attached hydrogens (primary N) is 1. The number of aldehydes is 1. The van der Waals surface area contributed by atoms with Gasteiger partial charge in [-0.2, -0.15) is 0 Å². The Labute approximate surface area is 356 Å². The van der Waals surface area contributed by atoms with Crippen LogP contribution in [0.2, 0.25) is 0 Å². The third-order valence-corrected chi connectivity index (χ3v) is 12.6. The maximum Gasteiger partial charge on any atom is 0.410 e. The predicted octanol–water partition coefficient (Wildman–Crippen LogP) is 6.15. The molecule has 3 aromatic rings. The molecular weight excluding hydrogens is 783 g/mol. The van der Waals surface area contributed by atoms with Crippen molar-refractivity contribution in [3.8, 4) is 5.69 Å². The van der Waals surface area contributed by atoms with Gasteiger partial charge in [0.2, 0.25) is 5.91 Å². The molecule has 61 heavy (non-hydrogen) atoms. The molecule has 13 nitrogen and oxygen atoms in total. The van der Waals surface area contributed by atoms with Gasteiger partial charge in [-0.25, -0.2) is 13.6 Å². The van der Waals surface area contributed by atoms with Crippen molar-refractivity contribution in [2.24, 2.45) is 21.1 Å². The van der Waals surface area contributed by atoms with Crippen LogP contribution in [0.25, 0.3) is 5.69 Å². The Morgan fingerprint density at radius 1 is 1.00 bits per heavy atom. The fraction of sp³-hybridized carbons (Fsp3) is 0.478. The summed E-state index contributed by atoms with van der Waals surface area (Å²) in [5, 5.41) is 5.66. The van der Waals surface area contributed by atoms with Crippen LogP contribution in [-0.2, 0) is 14.3 Å². The number of nitrogens with zero attached hydrogens (tertiary/aromatic N) is 5. The Kier molecular flexibility index (Phi) is 15.4. The number of hydrogen-bond acceptors (Lipinski definition) is 10. The van der Waals surface area contributed by atoms with Crippen molar-refractivity contribution < 1.29 is 27.9 Å². The number of aromatic nitrogens is 1. The van der Waals surface area contributed by atoms with Crippen LogP contribution in [0.1, 0.15) is 81.3 Å². The van der Waals surface area contributed by atoms with Crippen molar-refractivity contribution in [2.75, 3.05) is 45.6 Å². The zero-order valence-corrected chi connectivity index (χ0v) is 35.1. The lowest BCUT2D eigenvalue weighted by Crippen LogP contribution is -2.59. The Balaban J connectivity index is 0.00000307. The van der Waals surface area contributed by atoms with Crippen molar-refractivity contribution in [3.05, 3.63) is 106 Å². The van der Waals surface area contributed by atoms with E-state index < -0.39 is 11.9 Å². The number of halogens is 2. The number of rotatable bonds is 14. The first kappa shape index (κ1) is 45.0. The van der Waals surface area contributed by atoms with Crippen molar-refractivity contribution in [3.63, 3.8) is 0 Å². The van der Waals surface area contributed by atoms with E-state index in [0.29, 0.717) is 60.9 Å². The largest absolute Gasteiger partial charge is 0.446 e. The van der Waals surface area contributed by atoms with Gasteiger partial charge in [0.1, 0.15) is 30.0 Å². The van der Waals surface area contributed by atoms with Crippen molar-refractivity contribution in [1.29, 1.82) is 0 Å². The van der Waals surface area contributed by atoms with E-state index in [1.807, 2.05) is 12.1 Å². The quantitative estimate of drug-likeness (QED) is 0.129. The number of amides is 2. The van der Waals surface area contributed by atoms with Gasteiger partial charge in [-0.1, -0.05) is 24.3 Å². The molecule has 4 aliphatic rings. The lowest BCUT2D eigenvalue weighted by Gasteiger charge is -2.60. The van der Waals surface area contributed by atoms with Gasteiger partial charge in [-0.15, -0.1) is 0 Å². The summed E-state index contributed by atoms with van der Waals surface area (Å²) in [6.07, 6.45) is 10.4. The van der Waals surface area contributed by atoms with E-state index in [1.165, 1.54) is 30.8 Å². The summed E-state index contributed by atoms with van der Waals surface area (Å²) < 4.78 is 38.1. The average molecular weight is 841 g/mol. The molecule has 3 heterocycles. The van der Waals surface area contributed by atoms with Crippen LogP contribution in [0.3, 0.4) is 0 Å². The highest BCUT2D eigenvalue weighted by molar-refractivity contribution is 6.11. The van der Waals surface area contributed by atoms with E-state index in [2.05, 4.69) is 33.0 Å². The van der Waals surface area contributed by atoms with E-state index in [-0.39, 0.29) is 59.0 Å². The molecule has 2 aliphatic heterocycles. The number of aliphatic imine (C=N–C) groups is 2. The summed E-state index contributed by atoms with van der Waals surface area (Å²) in [6.45, 7) is 6.10. The number of likely N-dealkylation sites (tertiary alicyclic amines) is 2. The molecule has 1 atom stereocenters. The molecule has 0 bridgehead atoms. The van der Waals surface area contributed by atoms with Crippen LogP contribution in [0, 0.1) is 11.2 Å². The number of nitrogens with one attached hydrogen (secondary N) is 2. The van der Waals surface area contributed by atoms with Gasteiger partial charge in [0.05, 0.1) is 12.2 Å². The zero-order chi connectivity index (χ0) is 43.5. The molecule has 15 heteroatoms. The minimum Gasteiger partial charge on any atom is -0.446 e. The molecule has 1 aromatic heterocycles. The highest BCUT2D eigenvalue weighted by Crippen LogP contribution is 2.58. The normalized spacial score (nSPS) is 22.8. The molecular formula is C46H58F2N8O5. The van der Waals surface area contributed by atoms with Crippen molar-refractivity contribution in [1.82, 2.24) is 19.7 Å². The molecule has 4 fully saturated rings. The zero-order valence-electron chi connectivity index (χ0n) is 35.1. The second-order valence-electron chi connectivity index (χ2n) is 16.4. The van der Waals surface area contributed by atoms with E-state index in [1.54, 1.807) is 47.5 Å². The monoisotopic (exact) mass is 840 g/mol. The van der Waals surface area contributed by atoms with Gasteiger partial charge in [0.15, 0.2) is 5.83 Å². The van der Waals surface area contributed by atoms with Gasteiger partial charge in [-0.05, 0) is 132 Å². The molecule has 2 aliphatic carbocycles. The molecule has 1 unspecified atom stereocenters. The minimum absolute atomic E-state index is 0.0938. The maximum atomic E-state index is 15.3. The van der Waals surface area contributed by atoms with Crippen LogP contribution in [-0.4, -0.2) is 110 Å². The minimum atomic E-state index is -0.629.